The van der Waals surface area contributed by atoms with E-state index in [1.54, 1.807) is 32.2 Å². The van der Waals surface area contributed by atoms with Gasteiger partial charge in [-0.1, -0.05) is 18.2 Å². The maximum absolute atomic E-state index is 12.7. The van der Waals surface area contributed by atoms with Crippen LogP contribution in [0.4, 0.5) is 0 Å². The van der Waals surface area contributed by atoms with Gasteiger partial charge in [0.25, 0.3) is 0 Å². The SMILES string of the molecule is C=CCN(CCOC)S(=O)(=O)c1cccc(CN)c1C. The average Bonchev–Trinajstić information content (AvgIpc) is 2.43. The van der Waals surface area contributed by atoms with Crippen LogP contribution in [0.15, 0.2) is 35.7 Å². The van der Waals surface area contributed by atoms with Crippen molar-refractivity contribution < 1.29 is 13.2 Å². The van der Waals surface area contributed by atoms with Gasteiger partial charge in [0.05, 0.1) is 11.5 Å². The number of nitrogens with two attached hydrogens (primary N) is 1. The number of hydrogen-bond acceptors (Lipinski definition) is 4. The summed E-state index contributed by atoms with van der Waals surface area (Å²) >= 11 is 0. The first-order valence-electron chi connectivity index (χ1n) is 6.37. The molecular weight excluding hydrogens is 276 g/mol. The zero-order valence-corrected chi connectivity index (χ0v) is 12.8. The number of rotatable bonds is 8. The Morgan fingerprint density at radius 1 is 1.45 bits per heavy atom. The van der Waals surface area contributed by atoms with Crippen molar-refractivity contribution in [3.63, 3.8) is 0 Å². The van der Waals surface area contributed by atoms with Crippen LogP contribution < -0.4 is 5.73 Å². The number of ether oxygens (including phenoxy) is 1. The van der Waals surface area contributed by atoms with E-state index in [-0.39, 0.29) is 13.1 Å². The van der Waals surface area contributed by atoms with Gasteiger partial charge in [0.2, 0.25) is 10.0 Å². The number of benzene rings is 1. The van der Waals surface area contributed by atoms with Crippen LogP contribution in [0.2, 0.25) is 0 Å². The molecule has 1 rings (SSSR count). The standard InChI is InChI=1S/C14H22N2O3S/c1-4-8-16(9-10-19-3)20(17,18)14-7-5-6-13(11-15)12(14)2/h4-7H,1,8-11,15H2,2-3H3. The van der Waals surface area contributed by atoms with Gasteiger partial charge in [-0.05, 0) is 24.1 Å². The summed E-state index contributed by atoms with van der Waals surface area (Å²) in [6.07, 6.45) is 1.56. The molecule has 0 bridgehead atoms. The second-order valence-corrected chi connectivity index (χ2v) is 6.30. The first kappa shape index (κ1) is 16.8. The number of methoxy groups -OCH3 is 1. The highest BCUT2D eigenvalue weighted by molar-refractivity contribution is 7.89. The van der Waals surface area contributed by atoms with Crippen LogP contribution in [0.3, 0.4) is 0 Å². The molecule has 6 heteroatoms. The Morgan fingerprint density at radius 2 is 2.15 bits per heavy atom. The summed E-state index contributed by atoms with van der Waals surface area (Å²) in [5.41, 5.74) is 7.16. The molecule has 0 amide bonds. The van der Waals surface area contributed by atoms with Crippen molar-refractivity contribution >= 4 is 10.0 Å². The summed E-state index contributed by atoms with van der Waals surface area (Å²) in [4.78, 5) is 0.290. The highest BCUT2D eigenvalue weighted by atomic mass is 32.2. The molecule has 1 aromatic carbocycles. The van der Waals surface area contributed by atoms with Crippen LogP contribution in [0.1, 0.15) is 11.1 Å². The van der Waals surface area contributed by atoms with Gasteiger partial charge in [-0.15, -0.1) is 6.58 Å². The molecule has 0 fully saturated rings. The summed E-state index contributed by atoms with van der Waals surface area (Å²) in [5, 5.41) is 0. The van der Waals surface area contributed by atoms with E-state index < -0.39 is 10.0 Å². The smallest absolute Gasteiger partial charge is 0.243 e. The first-order valence-corrected chi connectivity index (χ1v) is 7.81. The molecule has 0 saturated carbocycles. The molecule has 0 atom stereocenters. The van der Waals surface area contributed by atoms with Crippen LogP contribution in [-0.4, -0.2) is 39.5 Å². The third kappa shape index (κ3) is 3.67. The Labute approximate surface area is 121 Å². The van der Waals surface area contributed by atoms with Gasteiger partial charge in [-0.25, -0.2) is 8.42 Å². The fraction of sp³-hybridized carbons (Fsp3) is 0.429. The van der Waals surface area contributed by atoms with E-state index in [1.807, 2.05) is 6.07 Å². The normalized spacial score (nSPS) is 11.8. The van der Waals surface area contributed by atoms with Crippen molar-refractivity contribution in [3.05, 3.63) is 42.0 Å². The quantitative estimate of drug-likeness (QED) is 0.734. The predicted octanol–water partition coefficient (Wildman–Crippen LogP) is 1.28. The van der Waals surface area contributed by atoms with E-state index in [9.17, 15) is 8.42 Å². The van der Waals surface area contributed by atoms with Gasteiger partial charge >= 0.3 is 0 Å². The molecule has 1 aromatic rings. The molecule has 0 heterocycles. The van der Waals surface area contributed by atoms with E-state index in [0.29, 0.717) is 23.6 Å². The lowest BCUT2D eigenvalue weighted by Gasteiger charge is -2.22. The molecule has 0 aliphatic rings. The zero-order valence-electron chi connectivity index (χ0n) is 12.0. The molecule has 0 aromatic heterocycles. The Hall–Kier alpha value is -1.21. The molecule has 5 nitrogen and oxygen atoms in total. The van der Waals surface area contributed by atoms with Crippen molar-refractivity contribution in [2.45, 2.75) is 18.4 Å². The molecular formula is C14H22N2O3S. The molecule has 0 unspecified atom stereocenters. The minimum atomic E-state index is -3.57. The van der Waals surface area contributed by atoms with Crippen LogP contribution in [0, 0.1) is 6.92 Å². The third-order valence-electron chi connectivity index (χ3n) is 3.11. The maximum atomic E-state index is 12.7. The lowest BCUT2D eigenvalue weighted by molar-refractivity contribution is 0.182. The van der Waals surface area contributed by atoms with Crippen LogP contribution in [0.5, 0.6) is 0 Å². The van der Waals surface area contributed by atoms with E-state index in [0.717, 1.165) is 5.56 Å². The van der Waals surface area contributed by atoms with Crippen molar-refractivity contribution in [1.82, 2.24) is 4.31 Å². The van der Waals surface area contributed by atoms with Gasteiger partial charge < -0.3 is 10.5 Å². The summed E-state index contributed by atoms with van der Waals surface area (Å²) in [6.45, 7) is 6.57. The Balaban J connectivity index is 3.22. The average molecular weight is 298 g/mol. The molecule has 0 aliphatic heterocycles. The lowest BCUT2D eigenvalue weighted by Crippen LogP contribution is -2.34. The summed E-state index contributed by atoms with van der Waals surface area (Å²) in [7, 11) is -2.03. The van der Waals surface area contributed by atoms with Crippen molar-refractivity contribution in [3.8, 4) is 0 Å². The van der Waals surface area contributed by atoms with Crippen molar-refractivity contribution in [2.75, 3.05) is 26.8 Å². The topological polar surface area (TPSA) is 72.6 Å². The Bertz CT molecular complexity index is 556. The monoisotopic (exact) mass is 298 g/mol. The third-order valence-corrected chi connectivity index (χ3v) is 5.12. The number of sulfonamides is 1. The van der Waals surface area contributed by atoms with E-state index in [2.05, 4.69) is 6.58 Å². The molecule has 0 radical (unpaired) electrons. The molecule has 0 saturated heterocycles. The Morgan fingerprint density at radius 3 is 2.70 bits per heavy atom. The summed E-state index contributed by atoms with van der Waals surface area (Å²) in [5.74, 6) is 0. The lowest BCUT2D eigenvalue weighted by atomic mass is 10.1. The van der Waals surface area contributed by atoms with E-state index in [4.69, 9.17) is 10.5 Å². The minimum Gasteiger partial charge on any atom is -0.383 e. The van der Waals surface area contributed by atoms with Crippen LogP contribution >= 0.6 is 0 Å². The van der Waals surface area contributed by atoms with Gasteiger partial charge in [-0.3, -0.25) is 0 Å². The molecule has 20 heavy (non-hydrogen) atoms. The highest BCUT2D eigenvalue weighted by Gasteiger charge is 2.25. The predicted molar refractivity (Wildman–Crippen MR) is 79.9 cm³/mol. The van der Waals surface area contributed by atoms with Crippen molar-refractivity contribution in [2.24, 2.45) is 5.73 Å². The fourth-order valence-corrected chi connectivity index (χ4v) is 3.61. The summed E-state index contributed by atoms with van der Waals surface area (Å²) < 4.78 is 31.7. The molecule has 112 valence electrons. The van der Waals surface area contributed by atoms with Gasteiger partial charge in [0.1, 0.15) is 0 Å². The van der Waals surface area contributed by atoms with Gasteiger partial charge in [0.15, 0.2) is 0 Å². The summed E-state index contributed by atoms with van der Waals surface area (Å²) in [6, 6.07) is 5.15. The second kappa shape index (κ2) is 7.54. The van der Waals surface area contributed by atoms with Gasteiger partial charge in [0, 0.05) is 26.7 Å². The van der Waals surface area contributed by atoms with Gasteiger partial charge in [-0.2, -0.15) is 4.31 Å². The molecule has 0 spiro atoms. The maximum Gasteiger partial charge on any atom is 0.243 e. The molecule has 2 N–H and O–H groups in total. The number of nitrogens with zero attached hydrogens (tertiary/aromatic N) is 1. The Kier molecular flexibility index (Phi) is 6.35. The second-order valence-electron chi connectivity index (χ2n) is 4.39. The van der Waals surface area contributed by atoms with Crippen molar-refractivity contribution in [1.29, 1.82) is 0 Å². The first-order chi connectivity index (χ1) is 9.48. The zero-order chi connectivity index (χ0) is 15.2. The van der Waals surface area contributed by atoms with E-state index >= 15 is 0 Å². The largest absolute Gasteiger partial charge is 0.383 e. The minimum absolute atomic E-state index is 0.248. The van der Waals surface area contributed by atoms with E-state index in [1.165, 1.54) is 4.31 Å². The van der Waals surface area contributed by atoms with Crippen LogP contribution in [0.25, 0.3) is 0 Å². The fourth-order valence-electron chi connectivity index (χ4n) is 1.95. The highest BCUT2D eigenvalue weighted by Crippen LogP contribution is 2.22. The number of hydrogen-bond donors (Lipinski definition) is 1. The molecule has 0 aliphatic carbocycles. The van der Waals surface area contributed by atoms with Crippen LogP contribution in [-0.2, 0) is 21.3 Å².